The third-order valence-electron chi connectivity index (χ3n) is 5.81. The standard InChI is InChI=1S/C16H30N4O.HI/c1-15(2)13(16(15,3)4)19-14(18-5)20-8-6-7-11(10-20)9-12(17)21;/h11,13H,6-10H2,1-5H3,(H2,17,21)(H,18,19);1H. The maximum atomic E-state index is 11.1. The Kier molecular flexibility index (Phi) is 6.14. The molecular weight excluding hydrogens is 391 g/mol. The largest absolute Gasteiger partial charge is 0.370 e. The number of carbonyl (C=O) groups is 1. The number of rotatable bonds is 3. The molecule has 3 N–H and O–H groups in total. The Morgan fingerprint density at radius 2 is 1.91 bits per heavy atom. The van der Waals surface area contributed by atoms with Gasteiger partial charge >= 0.3 is 0 Å². The summed E-state index contributed by atoms with van der Waals surface area (Å²) in [5.41, 5.74) is 5.90. The molecule has 2 aliphatic rings. The lowest BCUT2D eigenvalue weighted by molar-refractivity contribution is -0.119. The first kappa shape index (κ1) is 19.5. The summed E-state index contributed by atoms with van der Waals surface area (Å²) in [6.45, 7) is 11.1. The number of primary amides is 1. The second-order valence-electron chi connectivity index (χ2n) is 7.69. The molecule has 1 atom stereocenters. The molecule has 5 nitrogen and oxygen atoms in total. The Labute approximate surface area is 151 Å². The average Bonchev–Trinajstić information content (AvgIpc) is 2.76. The molecule has 0 spiro atoms. The van der Waals surface area contributed by atoms with Crippen LogP contribution in [0.2, 0.25) is 0 Å². The molecule has 1 saturated heterocycles. The van der Waals surface area contributed by atoms with Crippen LogP contribution < -0.4 is 11.1 Å². The van der Waals surface area contributed by atoms with Gasteiger partial charge in [0.1, 0.15) is 0 Å². The van der Waals surface area contributed by atoms with Crippen LogP contribution in [0.4, 0.5) is 0 Å². The second-order valence-corrected chi connectivity index (χ2v) is 7.69. The Hall–Kier alpha value is -0.530. The van der Waals surface area contributed by atoms with Gasteiger partial charge in [-0.15, -0.1) is 24.0 Å². The lowest BCUT2D eigenvalue weighted by Gasteiger charge is -2.35. The Morgan fingerprint density at radius 1 is 1.32 bits per heavy atom. The lowest BCUT2D eigenvalue weighted by atomic mass is 9.95. The van der Waals surface area contributed by atoms with Crippen molar-refractivity contribution in [3.05, 3.63) is 0 Å². The van der Waals surface area contributed by atoms with E-state index < -0.39 is 0 Å². The summed E-state index contributed by atoms with van der Waals surface area (Å²) in [6, 6.07) is 0.445. The van der Waals surface area contributed by atoms with Crippen molar-refractivity contribution in [2.24, 2.45) is 27.5 Å². The molecule has 0 bridgehead atoms. The zero-order chi connectivity index (χ0) is 15.8. The molecule has 0 radical (unpaired) electrons. The predicted molar refractivity (Wildman–Crippen MR) is 101 cm³/mol. The second kappa shape index (κ2) is 6.93. The molecule has 1 saturated carbocycles. The van der Waals surface area contributed by atoms with E-state index in [4.69, 9.17) is 5.73 Å². The minimum absolute atomic E-state index is 0. The van der Waals surface area contributed by atoms with Crippen molar-refractivity contribution >= 4 is 35.8 Å². The minimum Gasteiger partial charge on any atom is -0.370 e. The Morgan fingerprint density at radius 3 is 2.36 bits per heavy atom. The number of carbonyl (C=O) groups excluding carboxylic acids is 1. The molecule has 2 fully saturated rings. The van der Waals surface area contributed by atoms with Gasteiger partial charge in [0, 0.05) is 32.6 Å². The molecule has 1 unspecified atom stereocenters. The maximum absolute atomic E-state index is 11.1. The van der Waals surface area contributed by atoms with Gasteiger partial charge in [-0.25, -0.2) is 0 Å². The first-order chi connectivity index (χ1) is 9.70. The van der Waals surface area contributed by atoms with Crippen molar-refractivity contribution in [1.29, 1.82) is 0 Å². The van der Waals surface area contributed by atoms with E-state index in [9.17, 15) is 4.79 Å². The van der Waals surface area contributed by atoms with E-state index in [0.717, 1.165) is 31.9 Å². The number of halogens is 1. The van der Waals surface area contributed by atoms with E-state index in [1.54, 1.807) is 0 Å². The van der Waals surface area contributed by atoms with Crippen molar-refractivity contribution < 1.29 is 4.79 Å². The SMILES string of the molecule is CN=C(NC1C(C)(C)C1(C)C)N1CCCC(CC(N)=O)C1.I. The van der Waals surface area contributed by atoms with Gasteiger partial charge in [0.15, 0.2) is 5.96 Å². The maximum Gasteiger partial charge on any atom is 0.217 e. The van der Waals surface area contributed by atoms with Crippen LogP contribution in [0.5, 0.6) is 0 Å². The van der Waals surface area contributed by atoms with Crippen molar-refractivity contribution in [3.63, 3.8) is 0 Å². The molecule has 128 valence electrons. The van der Waals surface area contributed by atoms with Crippen LogP contribution >= 0.6 is 24.0 Å². The normalized spacial score (nSPS) is 27.0. The van der Waals surface area contributed by atoms with Crippen molar-refractivity contribution in [1.82, 2.24) is 10.2 Å². The van der Waals surface area contributed by atoms with Crippen LogP contribution in [0.25, 0.3) is 0 Å². The zero-order valence-electron chi connectivity index (χ0n) is 14.5. The van der Waals surface area contributed by atoms with Crippen LogP contribution in [0.3, 0.4) is 0 Å². The summed E-state index contributed by atoms with van der Waals surface area (Å²) in [5, 5.41) is 3.62. The number of nitrogens with one attached hydrogen (secondary N) is 1. The van der Waals surface area contributed by atoms with Crippen LogP contribution in [-0.2, 0) is 4.79 Å². The first-order valence-electron chi connectivity index (χ1n) is 7.96. The van der Waals surface area contributed by atoms with Gasteiger partial charge in [-0.2, -0.15) is 0 Å². The highest BCUT2D eigenvalue weighted by Crippen LogP contribution is 2.62. The summed E-state index contributed by atoms with van der Waals surface area (Å²) < 4.78 is 0. The number of aliphatic imine (C=N–C) groups is 1. The number of hydrogen-bond donors (Lipinski definition) is 2. The van der Waals surface area contributed by atoms with E-state index in [2.05, 4.69) is 42.9 Å². The predicted octanol–water partition coefficient (Wildman–Crippen LogP) is 2.20. The molecule has 1 aliphatic heterocycles. The summed E-state index contributed by atoms with van der Waals surface area (Å²) in [6.07, 6.45) is 2.65. The molecule has 1 heterocycles. The fraction of sp³-hybridized carbons (Fsp3) is 0.875. The van der Waals surface area contributed by atoms with Crippen molar-refractivity contribution in [3.8, 4) is 0 Å². The van der Waals surface area contributed by atoms with E-state index in [1.165, 1.54) is 0 Å². The highest BCUT2D eigenvalue weighted by atomic mass is 127. The Balaban J connectivity index is 0.00000242. The van der Waals surface area contributed by atoms with Gasteiger partial charge in [0.2, 0.25) is 5.91 Å². The summed E-state index contributed by atoms with van der Waals surface area (Å²) in [4.78, 5) is 17.9. The molecule has 1 amide bonds. The smallest absolute Gasteiger partial charge is 0.217 e. The number of amides is 1. The van der Waals surface area contributed by atoms with Gasteiger partial charge in [0.05, 0.1) is 0 Å². The van der Waals surface area contributed by atoms with E-state index in [1.807, 2.05) is 7.05 Å². The molecule has 6 heteroatoms. The van der Waals surface area contributed by atoms with Crippen LogP contribution in [0, 0.1) is 16.7 Å². The minimum atomic E-state index is -0.200. The fourth-order valence-corrected chi connectivity index (χ4v) is 3.69. The quantitative estimate of drug-likeness (QED) is 0.416. The monoisotopic (exact) mass is 422 g/mol. The van der Waals surface area contributed by atoms with Gasteiger partial charge in [0.25, 0.3) is 0 Å². The van der Waals surface area contributed by atoms with Crippen LogP contribution in [-0.4, -0.2) is 42.9 Å². The Bertz CT molecular complexity index is 433. The van der Waals surface area contributed by atoms with E-state index in [0.29, 0.717) is 18.4 Å². The summed E-state index contributed by atoms with van der Waals surface area (Å²) in [5.74, 6) is 1.12. The van der Waals surface area contributed by atoms with E-state index in [-0.39, 0.29) is 40.7 Å². The third-order valence-corrected chi connectivity index (χ3v) is 5.81. The number of nitrogens with zero attached hydrogens (tertiary/aromatic N) is 2. The highest BCUT2D eigenvalue weighted by Gasteiger charge is 2.65. The number of piperidine rings is 1. The van der Waals surface area contributed by atoms with Gasteiger partial charge in [-0.05, 0) is 29.6 Å². The number of hydrogen-bond acceptors (Lipinski definition) is 2. The van der Waals surface area contributed by atoms with E-state index >= 15 is 0 Å². The fourth-order valence-electron chi connectivity index (χ4n) is 3.69. The molecule has 2 rings (SSSR count). The number of likely N-dealkylation sites (tertiary alicyclic amines) is 1. The van der Waals surface area contributed by atoms with Gasteiger partial charge < -0.3 is 16.0 Å². The van der Waals surface area contributed by atoms with Crippen molar-refractivity contribution in [2.75, 3.05) is 20.1 Å². The molecule has 0 aromatic rings. The number of guanidine groups is 1. The summed E-state index contributed by atoms with van der Waals surface area (Å²) >= 11 is 0. The topological polar surface area (TPSA) is 70.7 Å². The average molecular weight is 422 g/mol. The number of nitrogens with two attached hydrogens (primary N) is 1. The third kappa shape index (κ3) is 3.68. The van der Waals surface area contributed by atoms with Crippen LogP contribution in [0.15, 0.2) is 4.99 Å². The van der Waals surface area contributed by atoms with Crippen molar-refractivity contribution in [2.45, 2.75) is 53.0 Å². The first-order valence-corrected chi connectivity index (χ1v) is 7.96. The lowest BCUT2D eigenvalue weighted by Crippen LogP contribution is -2.48. The summed E-state index contributed by atoms with van der Waals surface area (Å²) in [7, 11) is 1.84. The molecule has 0 aromatic carbocycles. The molecular formula is C16H31IN4O. The zero-order valence-corrected chi connectivity index (χ0v) is 16.8. The van der Waals surface area contributed by atoms with Gasteiger partial charge in [-0.3, -0.25) is 9.79 Å². The van der Waals surface area contributed by atoms with Gasteiger partial charge in [-0.1, -0.05) is 27.7 Å². The molecule has 0 aromatic heterocycles. The molecule has 22 heavy (non-hydrogen) atoms. The van der Waals surface area contributed by atoms with Crippen LogP contribution in [0.1, 0.15) is 47.0 Å². The molecule has 1 aliphatic carbocycles. The highest BCUT2D eigenvalue weighted by molar-refractivity contribution is 14.0.